The van der Waals surface area contributed by atoms with Crippen molar-refractivity contribution in [1.29, 1.82) is 0 Å². The van der Waals surface area contributed by atoms with Crippen LogP contribution < -0.4 is 10.6 Å². The maximum atomic E-state index is 12.2. The number of carbonyl (C=O) groups excluding carboxylic acids is 1. The summed E-state index contributed by atoms with van der Waals surface area (Å²) < 4.78 is 0. The molecule has 0 saturated carbocycles. The molecule has 0 spiro atoms. The van der Waals surface area contributed by atoms with Crippen molar-refractivity contribution in [2.24, 2.45) is 11.8 Å². The van der Waals surface area contributed by atoms with E-state index in [2.05, 4.69) is 41.3 Å². The Labute approximate surface area is 172 Å². The zero-order valence-electron chi connectivity index (χ0n) is 15.8. The van der Waals surface area contributed by atoms with Gasteiger partial charge in [0, 0.05) is 45.2 Å². The summed E-state index contributed by atoms with van der Waals surface area (Å²) in [5.41, 5.74) is 0. The van der Waals surface area contributed by atoms with E-state index >= 15 is 0 Å². The van der Waals surface area contributed by atoms with Crippen LogP contribution in [0.5, 0.6) is 0 Å². The first-order chi connectivity index (χ1) is 10.6. The standard InChI is InChI=1S/C17H34N4O.3ClH/c1-14(16-5-4-6-18-13-16)11-17(22)19-12-15(2)21-9-7-20(3)8-10-21;;;/h14-16,18H,4-13H2,1-3H3,(H,19,22);3*1H. The van der Waals surface area contributed by atoms with Crippen molar-refractivity contribution in [3.05, 3.63) is 0 Å². The van der Waals surface area contributed by atoms with E-state index in [1.165, 1.54) is 12.8 Å². The van der Waals surface area contributed by atoms with Gasteiger partial charge in [-0.25, -0.2) is 0 Å². The monoisotopic (exact) mass is 418 g/mol. The molecule has 5 nitrogen and oxygen atoms in total. The van der Waals surface area contributed by atoms with Gasteiger partial charge >= 0.3 is 0 Å². The maximum absolute atomic E-state index is 12.2. The first-order valence-corrected chi connectivity index (χ1v) is 8.96. The van der Waals surface area contributed by atoms with Crippen LogP contribution in [-0.2, 0) is 4.79 Å². The molecule has 0 aromatic heterocycles. The third-order valence-electron chi connectivity index (χ3n) is 5.40. The van der Waals surface area contributed by atoms with E-state index in [-0.39, 0.29) is 43.1 Å². The average molecular weight is 420 g/mol. The molecule has 8 heteroatoms. The number of likely N-dealkylation sites (N-methyl/N-ethyl adjacent to an activating group) is 1. The number of piperazine rings is 1. The molecule has 2 aliphatic rings. The number of nitrogens with zero attached hydrogens (tertiary/aromatic N) is 2. The van der Waals surface area contributed by atoms with Gasteiger partial charge in [-0.2, -0.15) is 0 Å². The number of hydrogen-bond acceptors (Lipinski definition) is 4. The summed E-state index contributed by atoms with van der Waals surface area (Å²) in [5, 5.41) is 6.59. The van der Waals surface area contributed by atoms with Gasteiger partial charge in [0.05, 0.1) is 0 Å². The van der Waals surface area contributed by atoms with Gasteiger partial charge in [-0.1, -0.05) is 6.92 Å². The largest absolute Gasteiger partial charge is 0.355 e. The lowest BCUT2D eigenvalue weighted by atomic mass is 9.85. The van der Waals surface area contributed by atoms with Crippen molar-refractivity contribution < 1.29 is 4.79 Å². The fourth-order valence-electron chi connectivity index (χ4n) is 3.55. The van der Waals surface area contributed by atoms with Crippen LogP contribution in [0.25, 0.3) is 0 Å². The Morgan fingerprint density at radius 3 is 2.36 bits per heavy atom. The van der Waals surface area contributed by atoms with Crippen molar-refractivity contribution in [2.75, 3.05) is 52.9 Å². The highest BCUT2D eigenvalue weighted by molar-refractivity contribution is 5.86. The van der Waals surface area contributed by atoms with Crippen molar-refractivity contribution >= 4 is 43.1 Å². The van der Waals surface area contributed by atoms with E-state index < -0.39 is 0 Å². The molecule has 2 saturated heterocycles. The van der Waals surface area contributed by atoms with E-state index in [9.17, 15) is 4.79 Å². The lowest BCUT2D eigenvalue weighted by Gasteiger charge is -2.36. The van der Waals surface area contributed by atoms with Gasteiger partial charge in [-0.3, -0.25) is 9.69 Å². The summed E-state index contributed by atoms with van der Waals surface area (Å²) in [6.45, 7) is 11.9. The summed E-state index contributed by atoms with van der Waals surface area (Å²) in [5.74, 6) is 1.36. The molecule has 0 aromatic carbocycles. The first-order valence-electron chi connectivity index (χ1n) is 8.96. The van der Waals surface area contributed by atoms with Gasteiger partial charge in [0.2, 0.25) is 5.91 Å². The molecule has 0 radical (unpaired) electrons. The predicted octanol–water partition coefficient (Wildman–Crippen LogP) is 2.03. The second kappa shape index (κ2) is 14.3. The van der Waals surface area contributed by atoms with Gasteiger partial charge in [-0.15, -0.1) is 37.2 Å². The van der Waals surface area contributed by atoms with E-state index in [1.807, 2.05) is 0 Å². The third-order valence-corrected chi connectivity index (χ3v) is 5.40. The van der Waals surface area contributed by atoms with Gasteiger partial charge in [0.1, 0.15) is 0 Å². The molecular formula is C17H37Cl3N4O. The van der Waals surface area contributed by atoms with E-state index in [0.717, 1.165) is 45.8 Å². The fourth-order valence-corrected chi connectivity index (χ4v) is 3.55. The lowest BCUT2D eigenvalue weighted by Crippen LogP contribution is -2.51. The van der Waals surface area contributed by atoms with E-state index in [0.29, 0.717) is 24.3 Å². The van der Waals surface area contributed by atoms with Crippen LogP contribution in [0, 0.1) is 11.8 Å². The summed E-state index contributed by atoms with van der Waals surface area (Å²) in [7, 11) is 2.17. The number of rotatable bonds is 6. The molecule has 1 amide bonds. The van der Waals surface area contributed by atoms with Gasteiger partial charge < -0.3 is 15.5 Å². The highest BCUT2D eigenvalue weighted by atomic mass is 35.5. The van der Waals surface area contributed by atoms with Crippen LogP contribution in [0.4, 0.5) is 0 Å². The molecule has 2 N–H and O–H groups in total. The summed E-state index contributed by atoms with van der Waals surface area (Å²) in [6, 6.07) is 0.435. The molecule has 3 unspecified atom stereocenters. The minimum Gasteiger partial charge on any atom is -0.355 e. The molecular weight excluding hydrogens is 383 g/mol. The molecule has 152 valence electrons. The van der Waals surface area contributed by atoms with E-state index in [4.69, 9.17) is 0 Å². The summed E-state index contributed by atoms with van der Waals surface area (Å²) in [4.78, 5) is 17.0. The fraction of sp³-hybridized carbons (Fsp3) is 0.941. The molecule has 0 aliphatic carbocycles. The molecule has 0 bridgehead atoms. The summed E-state index contributed by atoms with van der Waals surface area (Å²) in [6.07, 6.45) is 3.18. The Hall–Kier alpha value is 0.220. The van der Waals surface area contributed by atoms with Crippen LogP contribution in [0.15, 0.2) is 0 Å². The number of piperidine rings is 1. The van der Waals surface area contributed by atoms with Gasteiger partial charge in [0.25, 0.3) is 0 Å². The first kappa shape index (κ1) is 27.4. The maximum Gasteiger partial charge on any atom is 0.220 e. The minimum atomic E-state index is 0. The Balaban J connectivity index is 0. The van der Waals surface area contributed by atoms with Crippen molar-refractivity contribution in [3.63, 3.8) is 0 Å². The van der Waals surface area contributed by atoms with Crippen molar-refractivity contribution in [3.8, 4) is 0 Å². The second-order valence-corrected chi connectivity index (χ2v) is 7.28. The molecule has 0 aromatic rings. The van der Waals surface area contributed by atoms with E-state index in [1.54, 1.807) is 0 Å². The number of amides is 1. The lowest BCUT2D eigenvalue weighted by molar-refractivity contribution is -0.122. The quantitative estimate of drug-likeness (QED) is 0.691. The molecule has 2 rings (SSSR count). The predicted molar refractivity (Wildman–Crippen MR) is 113 cm³/mol. The SMILES string of the molecule is CC(CC(=O)NCC(C)N1CCN(C)CC1)C1CCCNC1.Cl.Cl.Cl. The van der Waals surface area contributed by atoms with Gasteiger partial charge in [-0.05, 0) is 51.7 Å². The third kappa shape index (κ3) is 9.64. The topological polar surface area (TPSA) is 47.6 Å². The zero-order valence-corrected chi connectivity index (χ0v) is 18.3. The molecule has 2 aliphatic heterocycles. The highest BCUT2D eigenvalue weighted by Crippen LogP contribution is 2.22. The number of hydrogen-bond donors (Lipinski definition) is 2. The number of carbonyl (C=O) groups is 1. The summed E-state index contributed by atoms with van der Waals surface area (Å²) >= 11 is 0. The molecule has 2 fully saturated rings. The minimum absolute atomic E-state index is 0. The molecule has 2 heterocycles. The molecule has 25 heavy (non-hydrogen) atoms. The Morgan fingerprint density at radius 1 is 1.16 bits per heavy atom. The van der Waals surface area contributed by atoms with Crippen LogP contribution in [-0.4, -0.2) is 74.6 Å². The van der Waals surface area contributed by atoms with Crippen LogP contribution in [0.2, 0.25) is 0 Å². The van der Waals surface area contributed by atoms with Crippen LogP contribution in [0.3, 0.4) is 0 Å². The smallest absolute Gasteiger partial charge is 0.220 e. The second-order valence-electron chi connectivity index (χ2n) is 7.28. The van der Waals surface area contributed by atoms with Crippen molar-refractivity contribution in [2.45, 2.75) is 39.2 Å². The Morgan fingerprint density at radius 2 is 1.80 bits per heavy atom. The van der Waals surface area contributed by atoms with Gasteiger partial charge in [0.15, 0.2) is 0 Å². The van der Waals surface area contributed by atoms with Crippen molar-refractivity contribution in [1.82, 2.24) is 20.4 Å². The van der Waals surface area contributed by atoms with Crippen LogP contribution in [0.1, 0.15) is 33.1 Å². The van der Waals surface area contributed by atoms with Crippen LogP contribution >= 0.6 is 37.2 Å². The molecule has 3 atom stereocenters. The number of nitrogens with one attached hydrogen (secondary N) is 2. The highest BCUT2D eigenvalue weighted by Gasteiger charge is 2.23. The average Bonchev–Trinajstić information content (AvgIpc) is 2.54. The Kier molecular flexibility index (Phi) is 15.7. The number of halogens is 3. The Bertz CT molecular complexity index is 349. The zero-order chi connectivity index (χ0) is 15.9. The normalized spacial score (nSPS) is 24.0.